The Morgan fingerprint density at radius 1 is 1.38 bits per heavy atom. The molecule has 3 nitrogen and oxygen atoms in total. The van der Waals surface area contributed by atoms with Gasteiger partial charge in [0, 0.05) is 5.54 Å². The van der Waals surface area contributed by atoms with Gasteiger partial charge in [-0.3, -0.25) is 4.79 Å². The summed E-state index contributed by atoms with van der Waals surface area (Å²) in [6.45, 7) is 7.00. The van der Waals surface area contributed by atoms with E-state index in [0.717, 1.165) is 19.4 Å². The summed E-state index contributed by atoms with van der Waals surface area (Å²) in [7, 11) is 0. The molecular formula is C10H20N2O. The van der Waals surface area contributed by atoms with Gasteiger partial charge in [0.05, 0.1) is 6.04 Å². The average Bonchev–Trinajstić information content (AvgIpc) is 2.03. The lowest BCUT2D eigenvalue weighted by atomic mass is 10.0. The van der Waals surface area contributed by atoms with Crippen LogP contribution in [0.4, 0.5) is 0 Å². The van der Waals surface area contributed by atoms with Gasteiger partial charge in [-0.1, -0.05) is 6.42 Å². The van der Waals surface area contributed by atoms with Crippen molar-refractivity contribution < 1.29 is 4.79 Å². The second kappa shape index (κ2) is 4.09. The van der Waals surface area contributed by atoms with Crippen molar-refractivity contribution in [2.75, 3.05) is 6.54 Å². The van der Waals surface area contributed by atoms with Crippen molar-refractivity contribution in [2.24, 2.45) is 0 Å². The summed E-state index contributed by atoms with van der Waals surface area (Å²) in [5.74, 6) is 0.146. The fourth-order valence-corrected chi connectivity index (χ4v) is 1.53. The van der Waals surface area contributed by atoms with Crippen LogP contribution in [0.3, 0.4) is 0 Å². The molecule has 1 saturated heterocycles. The van der Waals surface area contributed by atoms with Gasteiger partial charge in [-0.15, -0.1) is 0 Å². The van der Waals surface area contributed by atoms with E-state index in [1.54, 1.807) is 0 Å². The van der Waals surface area contributed by atoms with Gasteiger partial charge in [0.2, 0.25) is 5.91 Å². The smallest absolute Gasteiger partial charge is 0.237 e. The number of amides is 1. The maximum Gasteiger partial charge on any atom is 0.237 e. The molecule has 1 aliphatic rings. The van der Waals surface area contributed by atoms with Crippen molar-refractivity contribution in [3.8, 4) is 0 Å². The van der Waals surface area contributed by atoms with E-state index in [0.29, 0.717) is 0 Å². The van der Waals surface area contributed by atoms with Crippen molar-refractivity contribution in [1.82, 2.24) is 10.6 Å². The molecule has 1 rings (SSSR count). The van der Waals surface area contributed by atoms with Gasteiger partial charge in [0.25, 0.3) is 0 Å². The molecule has 1 atom stereocenters. The third kappa shape index (κ3) is 3.77. The van der Waals surface area contributed by atoms with Crippen LogP contribution in [0.5, 0.6) is 0 Å². The Morgan fingerprint density at radius 2 is 2.08 bits per heavy atom. The van der Waals surface area contributed by atoms with Crippen LogP contribution in [0.1, 0.15) is 40.0 Å². The van der Waals surface area contributed by atoms with Gasteiger partial charge in [-0.2, -0.15) is 0 Å². The van der Waals surface area contributed by atoms with Crippen LogP contribution in [-0.4, -0.2) is 24.0 Å². The first-order chi connectivity index (χ1) is 5.99. The topological polar surface area (TPSA) is 41.1 Å². The molecule has 1 aliphatic heterocycles. The van der Waals surface area contributed by atoms with Crippen molar-refractivity contribution in [3.63, 3.8) is 0 Å². The van der Waals surface area contributed by atoms with Gasteiger partial charge in [-0.25, -0.2) is 0 Å². The highest BCUT2D eigenvalue weighted by atomic mass is 16.2. The van der Waals surface area contributed by atoms with Crippen LogP contribution in [0.2, 0.25) is 0 Å². The van der Waals surface area contributed by atoms with Gasteiger partial charge < -0.3 is 10.6 Å². The monoisotopic (exact) mass is 184 g/mol. The van der Waals surface area contributed by atoms with Gasteiger partial charge in [-0.05, 0) is 40.2 Å². The summed E-state index contributed by atoms with van der Waals surface area (Å²) in [4.78, 5) is 11.6. The maximum atomic E-state index is 11.6. The maximum absolute atomic E-state index is 11.6. The van der Waals surface area contributed by atoms with Gasteiger partial charge in [0.1, 0.15) is 0 Å². The summed E-state index contributed by atoms with van der Waals surface area (Å²) in [6.07, 6.45) is 3.33. The molecule has 0 unspecified atom stereocenters. The number of carbonyl (C=O) groups excluding carboxylic acids is 1. The van der Waals surface area contributed by atoms with Crippen molar-refractivity contribution >= 4 is 5.91 Å². The fraction of sp³-hybridized carbons (Fsp3) is 0.900. The summed E-state index contributed by atoms with van der Waals surface area (Å²) in [5.41, 5.74) is -0.115. The predicted octanol–water partition coefficient (Wildman–Crippen LogP) is 1.04. The van der Waals surface area contributed by atoms with Crippen LogP contribution in [-0.2, 0) is 4.79 Å². The van der Waals surface area contributed by atoms with Crippen LogP contribution in [0.15, 0.2) is 0 Å². The third-order valence-electron chi connectivity index (χ3n) is 2.13. The van der Waals surface area contributed by atoms with E-state index < -0.39 is 0 Å². The Balaban J connectivity index is 2.38. The zero-order valence-electron chi connectivity index (χ0n) is 8.81. The second-order valence-corrected chi connectivity index (χ2v) is 4.74. The largest absolute Gasteiger partial charge is 0.350 e. The Kier molecular flexibility index (Phi) is 3.31. The van der Waals surface area contributed by atoms with Gasteiger partial charge in [0.15, 0.2) is 0 Å². The number of nitrogens with one attached hydrogen (secondary N) is 2. The molecule has 3 heteroatoms. The van der Waals surface area contributed by atoms with Crippen LogP contribution < -0.4 is 10.6 Å². The number of hydrogen-bond donors (Lipinski definition) is 2. The highest BCUT2D eigenvalue weighted by Gasteiger charge is 2.23. The molecule has 1 fully saturated rings. The van der Waals surface area contributed by atoms with Crippen molar-refractivity contribution in [3.05, 3.63) is 0 Å². The molecule has 0 aliphatic carbocycles. The van der Waals surface area contributed by atoms with Crippen molar-refractivity contribution in [1.29, 1.82) is 0 Å². The van der Waals surface area contributed by atoms with Crippen LogP contribution in [0, 0.1) is 0 Å². The highest BCUT2D eigenvalue weighted by molar-refractivity contribution is 5.82. The first-order valence-electron chi connectivity index (χ1n) is 5.04. The lowest BCUT2D eigenvalue weighted by Crippen LogP contribution is -2.52. The summed E-state index contributed by atoms with van der Waals surface area (Å²) < 4.78 is 0. The molecule has 0 aromatic carbocycles. The minimum absolute atomic E-state index is 0.0352. The lowest BCUT2D eigenvalue weighted by Gasteiger charge is -2.27. The van der Waals surface area contributed by atoms with Gasteiger partial charge >= 0.3 is 0 Å². The van der Waals surface area contributed by atoms with E-state index in [2.05, 4.69) is 10.6 Å². The first kappa shape index (κ1) is 10.5. The van der Waals surface area contributed by atoms with E-state index in [1.165, 1.54) is 6.42 Å². The first-order valence-corrected chi connectivity index (χ1v) is 5.04. The molecule has 2 N–H and O–H groups in total. The summed E-state index contributed by atoms with van der Waals surface area (Å²) in [5, 5.41) is 6.22. The molecule has 76 valence electrons. The standard InChI is InChI=1S/C10H20N2O/c1-10(2,3)12-9(13)8-6-4-5-7-11-8/h8,11H,4-7H2,1-3H3,(H,12,13)/t8-/m0/s1. The molecule has 0 bridgehead atoms. The van der Waals surface area contributed by atoms with E-state index >= 15 is 0 Å². The van der Waals surface area contributed by atoms with Crippen LogP contribution >= 0.6 is 0 Å². The lowest BCUT2D eigenvalue weighted by molar-refractivity contribution is -0.125. The number of rotatable bonds is 1. The number of hydrogen-bond acceptors (Lipinski definition) is 2. The fourth-order valence-electron chi connectivity index (χ4n) is 1.53. The Hall–Kier alpha value is -0.570. The molecule has 0 radical (unpaired) electrons. The molecule has 0 saturated carbocycles. The normalized spacial score (nSPS) is 24.1. The minimum atomic E-state index is -0.115. The van der Waals surface area contributed by atoms with Crippen molar-refractivity contribution in [2.45, 2.75) is 51.6 Å². The number of piperidine rings is 1. The molecule has 0 aromatic heterocycles. The second-order valence-electron chi connectivity index (χ2n) is 4.74. The summed E-state index contributed by atoms with van der Waals surface area (Å²) >= 11 is 0. The SMILES string of the molecule is CC(C)(C)NC(=O)[C@@H]1CCCCN1. The number of carbonyl (C=O) groups is 1. The molecule has 0 spiro atoms. The molecule has 0 aromatic rings. The Morgan fingerprint density at radius 3 is 2.54 bits per heavy atom. The third-order valence-corrected chi connectivity index (χ3v) is 2.13. The average molecular weight is 184 g/mol. The molecule has 1 heterocycles. The summed E-state index contributed by atoms with van der Waals surface area (Å²) in [6, 6.07) is 0.0352. The minimum Gasteiger partial charge on any atom is -0.350 e. The zero-order valence-corrected chi connectivity index (χ0v) is 8.81. The Bertz CT molecular complexity index is 178. The molecular weight excluding hydrogens is 164 g/mol. The zero-order chi connectivity index (χ0) is 9.90. The Labute approximate surface area is 80.3 Å². The van der Waals surface area contributed by atoms with E-state index in [4.69, 9.17) is 0 Å². The molecule has 1 amide bonds. The molecule has 13 heavy (non-hydrogen) atoms. The van der Waals surface area contributed by atoms with E-state index in [1.807, 2.05) is 20.8 Å². The van der Waals surface area contributed by atoms with E-state index in [-0.39, 0.29) is 17.5 Å². The highest BCUT2D eigenvalue weighted by Crippen LogP contribution is 2.08. The van der Waals surface area contributed by atoms with Crippen LogP contribution in [0.25, 0.3) is 0 Å². The quantitative estimate of drug-likeness (QED) is 0.639. The van der Waals surface area contributed by atoms with E-state index in [9.17, 15) is 4.79 Å². The predicted molar refractivity (Wildman–Crippen MR) is 53.5 cm³/mol.